The van der Waals surface area contributed by atoms with Crippen LogP contribution in [0.3, 0.4) is 0 Å². The minimum Gasteiger partial charge on any atom is -0.350 e. The molecule has 0 aliphatic heterocycles. The van der Waals surface area contributed by atoms with Gasteiger partial charge in [-0.15, -0.1) is 0 Å². The lowest BCUT2D eigenvalue weighted by Crippen LogP contribution is -2.02. The first-order chi connectivity index (χ1) is 10.4. The highest BCUT2D eigenvalue weighted by Gasteiger charge is 2.13. The number of halogens is 2. The maximum absolute atomic E-state index is 14.1. The smallest absolute Gasteiger partial charge is 0.178 e. The molecular formula is C13H10BrFN4O2S. The molecule has 0 aliphatic rings. The lowest BCUT2D eigenvalue weighted by atomic mass is 10.3. The molecule has 0 aliphatic carbocycles. The highest BCUT2D eigenvalue weighted by molar-refractivity contribution is 9.10. The summed E-state index contributed by atoms with van der Waals surface area (Å²) in [6.07, 6.45) is 4.16. The maximum Gasteiger partial charge on any atom is 0.178 e. The molecule has 3 rings (SSSR count). The van der Waals surface area contributed by atoms with Crippen LogP contribution in [0, 0.1) is 5.82 Å². The van der Waals surface area contributed by atoms with Gasteiger partial charge >= 0.3 is 0 Å². The van der Waals surface area contributed by atoms with Crippen molar-refractivity contribution < 1.29 is 12.8 Å². The van der Waals surface area contributed by atoms with Gasteiger partial charge in [0.15, 0.2) is 15.5 Å². The van der Waals surface area contributed by atoms with E-state index in [-0.39, 0.29) is 10.6 Å². The number of benzene rings is 1. The van der Waals surface area contributed by atoms with Crippen molar-refractivity contribution in [2.75, 3.05) is 11.6 Å². The quantitative estimate of drug-likeness (QED) is 0.751. The van der Waals surface area contributed by atoms with Crippen molar-refractivity contribution in [2.24, 2.45) is 0 Å². The minimum atomic E-state index is -3.45. The van der Waals surface area contributed by atoms with Crippen molar-refractivity contribution in [1.82, 2.24) is 14.6 Å². The molecule has 1 N–H and O–H groups in total. The molecule has 114 valence electrons. The molecule has 6 nitrogen and oxygen atoms in total. The Morgan fingerprint density at radius 3 is 2.73 bits per heavy atom. The Hall–Kier alpha value is -2.00. The molecule has 0 saturated heterocycles. The van der Waals surface area contributed by atoms with Gasteiger partial charge in [0.1, 0.15) is 10.4 Å². The highest BCUT2D eigenvalue weighted by atomic mass is 79.9. The van der Waals surface area contributed by atoms with E-state index < -0.39 is 15.7 Å². The van der Waals surface area contributed by atoms with Gasteiger partial charge in [-0.1, -0.05) is 0 Å². The van der Waals surface area contributed by atoms with Crippen molar-refractivity contribution in [3.8, 4) is 0 Å². The first-order valence-corrected chi connectivity index (χ1v) is 8.79. The predicted octanol–water partition coefficient (Wildman–Crippen LogP) is 2.78. The summed E-state index contributed by atoms with van der Waals surface area (Å²) < 4.78 is 39.1. The van der Waals surface area contributed by atoms with Crippen LogP contribution in [0.2, 0.25) is 0 Å². The van der Waals surface area contributed by atoms with Crippen LogP contribution in [0.15, 0.2) is 46.2 Å². The summed E-state index contributed by atoms with van der Waals surface area (Å²) in [5, 5.41) is 7.00. The van der Waals surface area contributed by atoms with E-state index in [0.717, 1.165) is 12.3 Å². The highest BCUT2D eigenvalue weighted by Crippen LogP contribution is 2.25. The fourth-order valence-corrected chi connectivity index (χ4v) is 2.93. The Morgan fingerprint density at radius 1 is 1.27 bits per heavy atom. The summed E-state index contributed by atoms with van der Waals surface area (Å²) in [5.41, 5.74) is 1.22. The third-order valence-electron chi connectivity index (χ3n) is 3.00. The van der Waals surface area contributed by atoms with Gasteiger partial charge in [0.25, 0.3) is 0 Å². The molecule has 2 heterocycles. The van der Waals surface area contributed by atoms with Gasteiger partial charge in [-0.2, -0.15) is 5.10 Å². The maximum atomic E-state index is 14.1. The Balaban J connectivity index is 2.02. The monoisotopic (exact) mass is 384 g/mol. The van der Waals surface area contributed by atoms with E-state index in [4.69, 9.17) is 0 Å². The molecule has 9 heteroatoms. The van der Waals surface area contributed by atoms with Gasteiger partial charge in [-0.3, -0.25) is 0 Å². The van der Waals surface area contributed by atoms with Gasteiger partial charge < -0.3 is 5.32 Å². The molecular weight excluding hydrogens is 375 g/mol. The Bertz CT molecular complexity index is 971. The Kier molecular flexibility index (Phi) is 3.61. The van der Waals surface area contributed by atoms with E-state index in [0.29, 0.717) is 15.9 Å². The molecule has 0 amide bonds. The first kappa shape index (κ1) is 14.9. The summed E-state index contributed by atoms with van der Waals surface area (Å²) in [6, 6.07) is 5.36. The molecule has 0 radical (unpaired) electrons. The topological polar surface area (TPSA) is 76.4 Å². The number of nitrogens with zero attached hydrogens (tertiary/aromatic N) is 3. The lowest BCUT2D eigenvalue weighted by Gasteiger charge is -2.09. The number of hydrogen-bond acceptors (Lipinski definition) is 5. The average molecular weight is 385 g/mol. The standard InChI is InChI=1S/C13H10BrFN4O2S/c1-22(20,21)8-2-3-10(9(15)6-8)18-11-4-5-17-19-12(14)7-16-13(11)19/h2-7,18H,1H3. The second-order valence-corrected chi connectivity index (χ2v) is 7.43. The average Bonchev–Trinajstić information content (AvgIpc) is 2.83. The number of fused-ring (bicyclic) bond motifs is 1. The number of sulfone groups is 1. The van der Waals surface area contributed by atoms with E-state index in [1.54, 1.807) is 23.0 Å². The summed E-state index contributed by atoms with van der Waals surface area (Å²) in [5.74, 6) is -0.663. The second-order valence-electron chi connectivity index (χ2n) is 4.60. The number of hydrogen-bond donors (Lipinski definition) is 1. The zero-order chi connectivity index (χ0) is 15.9. The summed E-state index contributed by atoms with van der Waals surface area (Å²) >= 11 is 3.30. The van der Waals surface area contributed by atoms with E-state index in [1.807, 2.05) is 0 Å². The molecule has 0 fully saturated rings. The minimum absolute atomic E-state index is 0.0704. The van der Waals surface area contributed by atoms with Crippen molar-refractivity contribution in [3.63, 3.8) is 0 Å². The summed E-state index contributed by atoms with van der Waals surface area (Å²) in [6.45, 7) is 0. The fraction of sp³-hybridized carbons (Fsp3) is 0.0769. The molecule has 0 saturated carbocycles. The normalized spacial score (nSPS) is 11.8. The van der Waals surface area contributed by atoms with Crippen LogP contribution in [-0.4, -0.2) is 29.3 Å². The van der Waals surface area contributed by atoms with Gasteiger partial charge in [-0.05, 0) is 40.2 Å². The lowest BCUT2D eigenvalue weighted by molar-refractivity contribution is 0.596. The van der Waals surface area contributed by atoms with E-state index >= 15 is 0 Å². The fourth-order valence-electron chi connectivity index (χ4n) is 1.94. The molecule has 0 bridgehead atoms. The van der Waals surface area contributed by atoms with Crippen LogP contribution < -0.4 is 5.32 Å². The van der Waals surface area contributed by atoms with Crippen LogP contribution >= 0.6 is 15.9 Å². The summed E-state index contributed by atoms with van der Waals surface area (Å²) in [4.78, 5) is 4.10. The van der Waals surface area contributed by atoms with Crippen molar-refractivity contribution in [3.05, 3.63) is 47.1 Å². The molecule has 2 aromatic heterocycles. The molecule has 22 heavy (non-hydrogen) atoms. The zero-order valence-corrected chi connectivity index (χ0v) is 13.7. The SMILES string of the molecule is CS(=O)(=O)c1ccc(Nc2ccnn3c(Br)cnc23)c(F)c1. The predicted molar refractivity (Wildman–Crippen MR) is 83.5 cm³/mol. The number of nitrogens with one attached hydrogen (secondary N) is 1. The van der Waals surface area contributed by atoms with E-state index in [1.165, 1.54) is 12.1 Å². The second kappa shape index (κ2) is 5.33. The molecule has 1 aromatic carbocycles. The van der Waals surface area contributed by atoms with Crippen molar-refractivity contribution in [2.45, 2.75) is 4.90 Å². The first-order valence-electron chi connectivity index (χ1n) is 6.11. The van der Waals surface area contributed by atoms with E-state index in [2.05, 4.69) is 31.3 Å². The van der Waals surface area contributed by atoms with Crippen LogP contribution in [0.5, 0.6) is 0 Å². The van der Waals surface area contributed by atoms with Crippen molar-refractivity contribution >= 4 is 42.8 Å². The Morgan fingerprint density at radius 2 is 2.05 bits per heavy atom. The van der Waals surface area contributed by atoms with E-state index in [9.17, 15) is 12.8 Å². The largest absolute Gasteiger partial charge is 0.350 e. The van der Waals surface area contributed by atoms with Crippen LogP contribution in [-0.2, 0) is 9.84 Å². The Labute approximate surface area is 134 Å². The van der Waals surface area contributed by atoms with Crippen molar-refractivity contribution in [1.29, 1.82) is 0 Å². The van der Waals surface area contributed by atoms with Crippen LogP contribution in [0.25, 0.3) is 5.65 Å². The molecule has 0 spiro atoms. The number of anilines is 2. The van der Waals surface area contributed by atoms with Gasteiger partial charge in [0.05, 0.1) is 28.7 Å². The number of imidazole rings is 1. The third kappa shape index (κ3) is 2.69. The van der Waals surface area contributed by atoms with Crippen LogP contribution in [0.4, 0.5) is 15.8 Å². The molecule has 0 atom stereocenters. The van der Waals surface area contributed by atoms with Crippen LogP contribution in [0.1, 0.15) is 0 Å². The molecule has 3 aromatic rings. The number of aromatic nitrogens is 3. The third-order valence-corrected chi connectivity index (χ3v) is 4.65. The van der Waals surface area contributed by atoms with Gasteiger partial charge in [0.2, 0.25) is 0 Å². The van der Waals surface area contributed by atoms with Gasteiger partial charge in [-0.25, -0.2) is 22.3 Å². The summed E-state index contributed by atoms with van der Waals surface area (Å²) in [7, 11) is -3.45. The molecule has 0 unspecified atom stereocenters. The number of rotatable bonds is 3. The zero-order valence-electron chi connectivity index (χ0n) is 11.3. The van der Waals surface area contributed by atoms with Gasteiger partial charge in [0, 0.05) is 6.26 Å².